The van der Waals surface area contributed by atoms with Crippen molar-refractivity contribution in [2.45, 2.75) is 32.0 Å². The Balaban J connectivity index is 1.45. The van der Waals surface area contributed by atoms with Crippen molar-refractivity contribution in [3.05, 3.63) is 59.9 Å². The number of fused-ring (bicyclic) bond motifs is 4. The van der Waals surface area contributed by atoms with E-state index in [0.29, 0.717) is 13.2 Å². The van der Waals surface area contributed by atoms with Gasteiger partial charge in [-0.05, 0) is 42.7 Å². The number of pyridine rings is 1. The van der Waals surface area contributed by atoms with Crippen molar-refractivity contribution in [3.63, 3.8) is 0 Å². The minimum Gasteiger partial charge on any atom is -0.491 e. The number of aliphatic hydroxyl groups is 1. The zero-order valence-corrected chi connectivity index (χ0v) is 16.0. The number of nitrogens with zero attached hydrogens (tertiary/aromatic N) is 3. The number of rotatable bonds is 7. The molecule has 6 heteroatoms. The highest BCUT2D eigenvalue weighted by Gasteiger charge is 2.40. The van der Waals surface area contributed by atoms with Gasteiger partial charge in [0.1, 0.15) is 12.4 Å². The Morgan fingerprint density at radius 1 is 1.11 bits per heavy atom. The molecule has 148 valence electrons. The first kappa shape index (κ1) is 18.9. The molecule has 2 aromatic rings. The molecule has 0 saturated carbocycles. The van der Waals surface area contributed by atoms with Crippen LogP contribution in [0.4, 0.5) is 0 Å². The summed E-state index contributed by atoms with van der Waals surface area (Å²) in [6, 6.07) is 14.1. The molecule has 1 amide bonds. The third-order valence-corrected chi connectivity index (χ3v) is 5.59. The van der Waals surface area contributed by atoms with Gasteiger partial charge in [0.25, 0.3) is 0 Å². The van der Waals surface area contributed by atoms with Crippen LogP contribution in [0.5, 0.6) is 5.75 Å². The van der Waals surface area contributed by atoms with Gasteiger partial charge in [-0.2, -0.15) is 0 Å². The zero-order chi connectivity index (χ0) is 19.3. The monoisotopic (exact) mass is 381 g/mol. The van der Waals surface area contributed by atoms with E-state index in [1.807, 2.05) is 41.3 Å². The summed E-state index contributed by atoms with van der Waals surface area (Å²) in [5.74, 6) is 1.11. The van der Waals surface area contributed by atoms with Crippen LogP contribution in [0.15, 0.2) is 48.7 Å². The lowest BCUT2D eigenvalue weighted by molar-refractivity contribution is -0.140. The highest BCUT2D eigenvalue weighted by Crippen LogP contribution is 2.31. The fraction of sp³-hybridized carbons (Fsp3) is 0.455. The summed E-state index contributed by atoms with van der Waals surface area (Å²) >= 11 is 0. The highest BCUT2D eigenvalue weighted by atomic mass is 16.5. The second-order valence-corrected chi connectivity index (χ2v) is 7.63. The summed E-state index contributed by atoms with van der Waals surface area (Å²) in [5.41, 5.74) is 2.11. The lowest BCUT2D eigenvalue weighted by Gasteiger charge is -2.35. The lowest BCUT2D eigenvalue weighted by Crippen LogP contribution is -2.47. The van der Waals surface area contributed by atoms with Gasteiger partial charge in [-0.1, -0.05) is 18.2 Å². The van der Waals surface area contributed by atoms with Gasteiger partial charge in [-0.15, -0.1) is 0 Å². The van der Waals surface area contributed by atoms with Crippen LogP contribution in [0.2, 0.25) is 0 Å². The Kier molecular flexibility index (Phi) is 5.88. The first-order valence-corrected chi connectivity index (χ1v) is 9.98. The van der Waals surface area contributed by atoms with E-state index in [1.165, 1.54) is 5.56 Å². The van der Waals surface area contributed by atoms with E-state index in [1.54, 1.807) is 6.20 Å². The fourth-order valence-corrected chi connectivity index (χ4v) is 4.29. The molecular weight excluding hydrogens is 354 g/mol. The molecule has 1 aromatic heterocycles. The van der Waals surface area contributed by atoms with E-state index < -0.39 is 0 Å². The number of carbonyl (C=O) groups is 1. The molecule has 0 unspecified atom stereocenters. The largest absolute Gasteiger partial charge is 0.491 e. The standard InChI is InChI=1S/C22H27N3O3/c26-10-11-28-21-6-3-4-17(12-21)13-24-14-18-7-8-20(16-24)25(22(18)27)15-19-5-1-2-9-23-19/h1-6,9,12,18,20,26H,7-8,10-11,13-16H2/t18-,20+/m1/s1. The molecule has 4 heterocycles. The number of hydrogen-bond acceptors (Lipinski definition) is 5. The van der Waals surface area contributed by atoms with Gasteiger partial charge in [0.2, 0.25) is 5.91 Å². The fourth-order valence-electron chi connectivity index (χ4n) is 4.29. The van der Waals surface area contributed by atoms with E-state index in [0.717, 1.165) is 43.9 Å². The van der Waals surface area contributed by atoms with E-state index in [4.69, 9.17) is 9.84 Å². The van der Waals surface area contributed by atoms with Crippen LogP contribution in [0.1, 0.15) is 24.1 Å². The number of ether oxygens (including phenoxy) is 1. The number of hydrogen-bond donors (Lipinski definition) is 1. The molecule has 5 rings (SSSR count). The molecule has 6 nitrogen and oxygen atoms in total. The number of aromatic nitrogens is 1. The predicted octanol–water partition coefficient (Wildman–Crippen LogP) is 2.08. The summed E-state index contributed by atoms with van der Waals surface area (Å²) in [4.78, 5) is 21.8. The molecule has 3 aliphatic heterocycles. The summed E-state index contributed by atoms with van der Waals surface area (Å²) in [6.07, 6.45) is 3.81. The molecular formula is C22H27N3O3. The Morgan fingerprint density at radius 3 is 2.86 bits per heavy atom. The SMILES string of the molecule is O=C1[C@@H]2CC[C@@H](CN(Cc3cccc(OCCO)c3)C2)N1Cc1ccccn1. The van der Waals surface area contributed by atoms with E-state index in [-0.39, 0.29) is 24.5 Å². The Labute approximate surface area is 165 Å². The third kappa shape index (κ3) is 4.34. The van der Waals surface area contributed by atoms with Gasteiger partial charge in [-0.25, -0.2) is 0 Å². The quantitative estimate of drug-likeness (QED) is 0.795. The molecule has 0 spiro atoms. The maximum absolute atomic E-state index is 13.0. The molecule has 1 N–H and O–H groups in total. The summed E-state index contributed by atoms with van der Waals surface area (Å²) in [7, 11) is 0. The van der Waals surface area contributed by atoms with Gasteiger partial charge in [0.05, 0.1) is 24.8 Å². The van der Waals surface area contributed by atoms with Crippen LogP contribution in [0, 0.1) is 5.92 Å². The molecule has 0 radical (unpaired) electrons. The highest BCUT2D eigenvalue weighted by molar-refractivity contribution is 5.80. The normalized spacial score (nSPS) is 22.3. The minimum atomic E-state index is 0.00787. The summed E-state index contributed by atoms with van der Waals surface area (Å²) < 4.78 is 5.53. The molecule has 28 heavy (non-hydrogen) atoms. The van der Waals surface area contributed by atoms with Crippen molar-refractivity contribution in [1.29, 1.82) is 0 Å². The van der Waals surface area contributed by atoms with Gasteiger partial charge < -0.3 is 14.7 Å². The first-order chi connectivity index (χ1) is 13.7. The van der Waals surface area contributed by atoms with Gasteiger partial charge in [0.15, 0.2) is 0 Å². The predicted molar refractivity (Wildman–Crippen MR) is 106 cm³/mol. The van der Waals surface area contributed by atoms with Crippen molar-refractivity contribution < 1.29 is 14.6 Å². The number of amides is 1. The molecule has 3 fully saturated rings. The van der Waals surface area contributed by atoms with E-state index >= 15 is 0 Å². The van der Waals surface area contributed by atoms with Gasteiger partial charge in [0, 0.05) is 31.9 Å². The zero-order valence-electron chi connectivity index (χ0n) is 16.0. The van der Waals surface area contributed by atoms with Crippen LogP contribution in [0.3, 0.4) is 0 Å². The van der Waals surface area contributed by atoms with Crippen LogP contribution in [-0.2, 0) is 17.9 Å². The van der Waals surface area contributed by atoms with Crippen LogP contribution < -0.4 is 4.74 Å². The summed E-state index contributed by atoms with van der Waals surface area (Å²) in [6.45, 7) is 3.39. The van der Waals surface area contributed by atoms with Crippen molar-refractivity contribution >= 4 is 5.91 Å². The van der Waals surface area contributed by atoms with Crippen LogP contribution in [-0.4, -0.2) is 58.1 Å². The number of benzene rings is 1. The average molecular weight is 381 g/mol. The van der Waals surface area contributed by atoms with Crippen molar-refractivity contribution in [3.8, 4) is 5.75 Å². The average Bonchev–Trinajstić information content (AvgIpc) is 2.99. The molecule has 2 atom stereocenters. The van der Waals surface area contributed by atoms with Crippen LogP contribution >= 0.6 is 0 Å². The van der Waals surface area contributed by atoms with Gasteiger partial charge in [-0.3, -0.25) is 14.7 Å². The second-order valence-electron chi connectivity index (χ2n) is 7.63. The molecule has 1 aromatic carbocycles. The van der Waals surface area contributed by atoms with Crippen molar-refractivity contribution in [1.82, 2.24) is 14.8 Å². The summed E-state index contributed by atoms with van der Waals surface area (Å²) in [5, 5.41) is 8.94. The third-order valence-electron chi connectivity index (χ3n) is 5.59. The number of piperidine rings is 1. The van der Waals surface area contributed by atoms with Crippen LogP contribution in [0.25, 0.3) is 0 Å². The number of aliphatic hydroxyl groups excluding tert-OH is 1. The Hall–Kier alpha value is -2.44. The molecule has 3 aliphatic rings. The second kappa shape index (κ2) is 8.71. The maximum Gasteiger partial charge on any atom is 0.227 e. The minimum absolute atomic E-state index is 0.00787. The topological polar surface area (TPSA) is 65.9 Å². The van der Waals surface area contributed by atoms with E-state index in [2.05, 4.69) is 16.0 Å². The molecule has 0 aliphatic carbocycles. The van der Waals surface area contributed by atoms with Gasteiger partial charge >= 0.3 is 0 Å². The molecule has 2 bridgehead atoms. The first-order valence-electron chi connectivity index (χ1n) is 9.98. The lowest BCUT2D eigenvalue weighted by atomic mass is 9.94. The maximum atomic E-state index is 13.0. The van der Waals surface area contributed by atoms with Crippen molar-refractivity contribution in [2.75, 3.05) is 26.3 Å². The van der Waals surface area contributed by atoms with Crippen molar-refractivity contribution in [2.24, 2.45) is 5.92 Å². The van der Waals surface area contributed by atoms with E-state index in [9.17, 15) is 4.79 Å². The number of carbonyl (C=O) groups excluding carboxylic acids is 1. The smallest absolute Gasteiger partial charge is 0.227 e. The Bertz CT molecular complexity index is 799. The Morgan fingerprint density at radius 2 is 2.04 bits per heavy atom. The molecule has 3 saturated heterocycles.